The van der Waals surface area contributed by atoms with Crippen LogP contribution < -0.4 is 9.88 Å². The summed E-state index contributed by atoms with van der Waals surface area (Å²) in [7, 11) is 0. The molecule has 2 heterocycles. The second kappa shape index (κ2) is 7.78. The highest BCUT2D eigenvalue weighted by Crippen LogP contribution is 2.24. The first-order valence-electron chi connectivity index (χ1n) is 6.74. The normalized spacial score (nSPS) is 12.0. The number of carbonyl (C=O) groups is 1. The van der Waals surface area contributed by atoms with Gasteiger partial charge in [-0.25, -0.2) is 0 Å². The number of aliphatic hydroxyl groups excluding tert-OH is 1. The van der Waals surface area contributed by atoms with E-state index in [0.717, 1.165) is 0 Å². The van der Waals surface area contributed by atoms with Crippen molar-refractivity contribution in [1.29, 1.82) is 0 Å². The van der Waals surface area contributed by atoms with Crippen LogP contribution in [0.4, 0.5) is 0 Å². The molecule has 1 unspecified atom stereocenters. The van der Waals surface area contributed by atoms with Crippen molar-refractivity contribution in [1.82, 2.24) is 5.32 Å². The van der Waals surface area contributed by atoms with Crippen molar-refractivity contribution in [3.05, 3.63) is 51.4 Å². The van der Waals surface area contributed by atoms with Crippen LogP contribution in [0.2, 0.25) is 4.34 Å². The Morgan fingerprint density at radius 2 is 2.27 bits per heavy atom. The molecule has 1 atom stereocenters. The van der Waals surface area contributed by atoms with Gasteiger partial charge in [0.2, 0.25) is 5.78 Å². The second-order valence-electron chi connectivity index (χ2n) is 4.58. The maximum Gasteiger partial charge on any atom is 0.271 e. The summed E-state index contributed by atoms with van der Waals surface area (Å²) in [4.78, 5) is 13.8. The maximum absolute atomic E-state index is 12.8. The van der Waals surface area contributed by atoms with Gasteiger partial charge in [0.05, 0.1) is 15.8 Å². The van der Waals surface area contributed by atoms with E-state index in [1.165, 1.54) is 11.3 Å². The fourth-order valence-electron chi connectivity index (χ4n) is 2.04. The molecule has 0 saturated heterocycles. The molecule has 7 heteroatoms. The highest BCUT2D eigenvalue weighted by molar-refractivity contribution is 7.80. The van der Waals surface area contributed by atoms with Crippen LogP contribution in [0.1, 0.15) is 28.2 Å². The van der Waals surface area contributed by atoms with Gasteiger partial charge in [-0.2, -0.15) is 4.57 Å². The van der Waals surface area contributed by atoms with E-state index in [1.54, 1.807) is 41.2 Å². The fourth-order valence-corrected chi connectivity index (χ4v) is 3.42. The molecule has 0 aromatic carbocycles. The van der Waals surface area contributed by atoms with Crippen molar-refractivity contribution in [2.24, 2.45) is 0 Å². The van der Waals surface area contributed by atoms with Gasteiger partial charge in [0, 0.05) is 18.2 Å². The number of carbonyl (C=O) groups excluding carboxylic acids is 1. The summed E-state index contributed by atoms with van der Waals surface area (Å²) in [5.41, 5.74) is 0.712. The monoisotopic (exact) mass is 355 g/mol. The number of halogens is 1. The van der Waals surface area contributed by atoms with Crippen LogP contribution in [0.3, 0.4) is 0 Å². The molecule has 0 bridgehead atoms. The number of aliphatic hydroxyl groups is 1. The van der Waals surface area contributed by atoms with E-state index in [0.29, 0.717) is 26.3 Å². The van der Waals surface area contributed by atoms with Crippen LogP contribution in [0.5, 0.6) is 0 Å². The fraction of sp³-hybridized carbons (Fsp3) is 0.267. The third kappa shape index (κ3) is 3.89. The zero-order valence-electron chi connectivity index (χ0n) is 12.0. The number of thiophene rings is 1. The third-order valence-electron chi connectivity index (χ3n) is 3.03. The summed E-state index contributed by atoms with van der Waals surface area (Å²) in [5.74, 6) is -0.122. The lowest BCUT2D eigenvalue weighted by atomic mass is 10.1. The zero-order chi connectivity index (χ0) is 16.1. The first-order valence-corrected chi connectivity index (χ1v) is 8.35. The minimum absolute atomic E-state index is 0.0967. The average molecular weight is 356 g/mol. The molecule has 22 heavy (non-hydrogen) atoms. The highest BCUT2D eigenvalue weighted by atomic mass is 35.5. The van der Waals surface area contributed by atoms with Crippen LogP contribution in [0.25, 0.3) is 0 Å². The Balaban J connectivity index is 2.41. The van der Waals surface area contributed by atoms with Crippen LogP contribution in [-0.2, 0) is 6.61 Å². The molecule has 0 aliphatic heterocycles. The number of pyridine rings is 1. The van der Waals surface area contributed by atoms with Crippen molar-refractivity contribution >= 4 is 45.9 Å². The van der Waals surface area contributed by atoms with E-state index in [-0.39, 0.29) is 12.4 Å². The molecule has 0 aliphatic rings. The van der Waals surface area contributed by atoms with Crippen molar-refractivity contribution in [2.75, 3.05) is 6.54 Å². The zero-order valence-corrected chi connectivity index (χ0v) is 14.3. The molecule has 2 rings (SSSR count). The minimum Gasteiger partial charge on any atom is -0.391 e. The van der Waals surface area contributed by atoms with E-state index in [4.69, 9.17) is 23.8 Å². The standard InChI is InChI=1S/C15H15ClN2O2S2/c1-2-17-15(21)13(14(20)11-5-6-12(16)22-11)18-7-3-4-10(8-18)9-19/h3-8,13,19H,2,9H2,1H3/p+1. The average Bonchev–Trinajstić information content (AvgIpc) is 2.94. The van der Waals surface area contributed by atoms with Crippen LogP contribution in [0.15, 0.2) is 36.7 Å². The molecule has 116 valence electrons. The van der Waals surface area contributed by atoms with Crippen molar-refractivity contribution < 1.29 is 14.5 Å². The van der Waals surface area contributed by atoms with E-state index in [9.17, 15) is 9.90 Å². The van der Waals surface area contributed by atoms with E-state index >= 15 is 0 Å². The Hall–Kier alpha value is -1.34. The van der Waals surface area contributed by atoms with Gasteiger partial charge >= 0.3 is 0 Å². The minimum atomic E-state index is -0.656. The number of rotatable bonds is 6. The predicted octanol–water partition coefficient (Wildman–Crippen LogP) is 2.54. The van der Waals surface area contributed by atoms with E-state index in [1.807, 2.05) is 6.92 Å². The van der Waals surface area contributed by atoms with Gasteiger partial charge in [-0.3, -0.25) is 4.79 Å². The van der Waals surface area contributed by atoms with Crippen molar-refractivity contribution in [3.8, 4) is 0 Å². The molecule has 0 radical (unpaired) electrons. The molecule has 0 amide bonds. The lowest BCUT2D eigenvalue weighted by Gasteiger charge is -2.13. The number of hydrogen-bond acceptors (Lipinski definition) is 4. The van der Waals surface area contributed by atoms with Gasteiger partial charge < -0.3 is 10.4 Å². The van der Waals surface area contributed by atoms with E-state index < -0.39 is 6.04 Å². The Morgan fingerprint density at radius 1 is 1.50 bits per heavy atom. The first kappa shape index (κ1) is 17.0. The topological polar surface area (TPSA) is 53.2 Å². The van der Waals surface area contributed by atoms with Gasteiger partial charge in [-0.1, -0.05) is 23.8 Å². The molecular weight excluding hydrogens is 340 g/mol. The van der Waals surface area contributed by atoms with Crippen molar-refractivity contribution in [2.45, 2.75) is 19.6 Å². The molecule has 2 aromatic heterocycles. The number of nitrogens with one attached hydrogen (secondary N) is 1. The Kier molecular flexibility index (Phi) is 6.02. The highest BCUT2D eigenvalue weighted by Gasteiger charge is 2.34. The lowest BCUT2D eigenvalue weighted by Crippen LogP contribution is -2.51. The Labute approximate surface area is 143 Å². The second-order valence-corrected chi connectivity index (χ2v) is 6.74. The summed E-state index contributed by atoms with van der Waals surface area (Å²) in [6.45, 7) is 2.46. The SMILES string of the molecule is CCNC(=S)C(C(=O)c1ccc(Cl)s1)[n+]1cccc(CO)c1. The number of nitrogens with zero attached hydrogens (tertiary/aromatic N) is 1. The van der Waals surface area contributed by atoms with Gasteiger partial charge in [0.1, 0.15) is 0 Å². The van der Waals surface area contributed by atoms with Gasteiger partial charge in [0.15, 0.2) is 17.4 Å². The van der Waals surface area contributed by atoms with Crippen molar-refractivity contribution in [3.63, 3.8) is 0 Å². The van der Waals surface area contributed by atoms with Gasteiger partial charge in [-0.15, -0.1) is 11.3 Å². The Morgan fingerprint density at radius 3 is 2.86 bits per heavy atom. The number of thiocarbonyl (C=S) groups is 1. The summed E-state index contributed by atoms with van der Waals surface area (Å²) in [6.07, 6.45) is 3.49. The van der Waals surface area contributed by atoms with Crippen LogP contribution in [-0.4, -0.2) is 22.4 Å². The third-order valence-corrected chi connectivity index (χ3v) is 4.64. The Bertz CT molecular complexity index is 688. The molecule has 4 nitrogen and oxygen atoms in total. The number of Topliss-reactive ketones (excluding diaryl/α,β-unsaturated/α-hetero) is 1. The summed E-state index contributed by atoms with van der Waals surface area (Å²) < 4.78 is 2.28. The molecule has 2 aromatic rings. The van der Waals surface area contributed by atoms with Crippen LogP contribution in [0, 0.1) is 0 Å². The smallest absolute Gasteiger partial charge is 0.271 e. The number of likely N-dealkylation sites (N-methyl/N-ethyl adjacent to an activating group) is 1. The first-order chi connectivity index (χ1) is 10.6. The molecule has 0 aliphatic carbocycles. The number of hydrogen-bond donors (Lipinski definition) is 2. The predicted molar refractivity (Wildman–Crippen MR) is 91.5 cm³/mol. The van der Waals surface area contributed by atoms with Gasteiger partial charge in [-0.05, 0) is 25.1 Å². The molecule has 0 spiro atoms. The quantitative estimate of drug-likeness (QED) is 0.475. The number of ketones is 1. The van der Waals surface area contributed by atoms with Crippen LogP contribution >= 0.6 is 35.2 Å². The molecule has 2 N–H and O–H groups in total. The molecular formula is C15H16ClN2O2S2+. The summed E-state index contributed by atoms with van der Waals surface area (Å²) in [6, 6.07) is 6.31. The lowest BCUT2D eigenvalue weighted by molar-refractivity contribution is -0.692. The number of aromatic nitrogens is 1. The molecule has 0 saturated carbocycles. The van der Waals surface area contributed by atoms with Gasteiger partial charge in [0.25, 0.3) is 6.04 Å². The maximum atomic E-state index is 12.8. The van der Waals surface area contributed by atoms with E-state index in [2.05, 4.69) is 5.32 Å². The summed E-state index contributed by atoms with van der Waals surface area (Å²) in [5, 5.41) is 12.3. The largest absolute Gasteiger partial charge is 0.391 e. The molecule has 0 fully saturated rings. The summed E-state index contributed by atoms with van der Waals surface area (Å²) >= 11 is 12.5.